The lowest BCUT2D eigenvalue weighted by atomic mass is 9.79. The number of aromatic nitrogens is 5. The Labute approximate surface area is 239 Å². The Morgan fingerprint density at radius 1 is 1.08 bits per heavy atom. The predicted molar refractivity (Wildman–Crippen MR) is 156 cm³/mol. The molecule has 2 bridgehead atoms. The van der Waals surface area contributed by atoms with Gasteiger partial charge in [-0.1, -0.05) is 47.7 Å². The van der Waals surface area contributed by atoms with Gasteiger partial charge in [-0.2, -0.15) is 0 Å². The number of fused-ring (bicyclic) bond motifs is 2. The van der Waals surface area contributed by atoms with E-state index in [1.165, 1.54) is 6.42 Å². The lowest BCUT2D eigenvalue weighted by Crippen LogP contribution is -2.47. The summed E-state index contributed by atoms with van der Waals surface area (Å²) < 4.78 is 3.45. The summed E-state index contributed by atoms with van der Waals surface area (Å²) in [4.78, 5) is 18.4. The molecule has 1 saturated heterocycles. The summed E-state index contributed by atoms with van der Waals surface area (Å²) in [6.07, 6.45) is 13.2. The van der Waals surface area contributed by atoms with Gasteiger partial charge in [0.25, 0.3) is 5.56 Å². The largest absolute Gasteiger partial charge is 0.330 e. The van der Waals surface area contributed by atoms with E-state index in [2.05, 4.69) is 20.9 Å². The molecule has 210 valence electrons. The van der Waals surface area contributed by atoms with Crippen LogP contribution in [0.5, 0.6) is 0 Å². The minimum atomic E-state index is -0.0466. The van der Waals surface area contributed by atoms with Crippen molar-refractivity contribution in [1.82, 2.24) is 35.2 Å². The Bertz CT molecular complexity index is 1290. The molecule has 3 heterocycles. The van der Waals surface area contributed by atoms with E-state index in [1.54, 1.807) is 35.4 Å². The number of halogens is 2. The van der Waals surface area contributed by atoms with Crippen molar-refractivity contribution in [3.63, 3.8) is 0 Å². The zero-order valence-electron chi connectivity index (χ0n) is 22.2. The summed E-state index contributed by atoms with van der Waals surface area (Å²) >= 11 is 12.3. The molecule has 1 saturated carbocycles. The zero-order chi connectivity index (χ0) is 27.2. The van der Waals surface area contributed by atoms with Crippen LogP contribution in [0.25, 0.3) is 16.9 Å². The van der Waals surface area contributed by atoms with E-state index >= 15 is 0 Å². The first-order valence-electron chi connectivity index (χ1n) is 14.1. The fourth-order valence-corrected chi connectivity index (χ4v) is 6.54. The third kappa shape index (κ3) is 7.08. The molecular weight excluding hydrogens is 535 g/mol. The molecule has 2 aromatic heterocycles. The molecule has 2 aliphatic rings. The number of nitrogens with one attached hydrogen (secondary N) is 2. The van der Waals surface area contributed by atoms with Crippen LogP contribution < -0.4 is 21.9 Å². The van der Waals surface area contributed by atoms with E-state index in [0.29, 0.717) is 46.5 Å². The van der Waals surface area contributed by atoms with Crippen molar-refractivity contribution in [2.45, 2.75) is 75.9 Å². The number of nitrogens with two attached hydrogens (primary N) is 1. The molecule has 0 radical (unpaired) electrons. The normalized spacial score (nSPS) is 24.9. The van der Waals surface area contributed by atoms with Crippen LogP contribution in [-0.4, -0.2) is 56.3 Å². The van der Waals surface area contributed by atoms with Crippen LogP contribution in [0.3, 0.4) is 0 Å². The Hall–Kier alpha value is -2.30. The standard InChI is InChI=1S/C28H38Cl2N8O/c29-20-8-9-26(38-17-27(30)35-36-38)23(14-20)24-15-28(39)37(18-33-24)25-7-2-1-3-12-32-16-22(10-11-31)34-21-6-4-5-19(25)13-21/h8-9,14-15,17-19,21-22,25,32,34H,1-7,10-13,16,31H2/t19?,21?,22-,25+/m1/s1. The van der Waals surface area contributed by atoms with Crippen LogP contribution in [0.1, 0.15) is 63.8 Å². The number of rotatable bonds is 5. The Morgan fingerprint density at radius 2 is 1.97 bits per heavy atom. The molecule has 39 heavy (non-hydrogen) atoms. The molecule has 11 heteroatoms. The first kappa shape index (κ1) is 28.2. The molecule has 1 aliphatic carbocycles. The van der Waals surface area contributed by atoms with Crippen LogP contribution in [0.4, 0.5) is 0 Å². The summed E-state index contributed by atoms with van der Waals surface area (Å²) in [5.41, 5.74) is 7.81. The van der Waals surface area contributed by atoms with Crippen LogP contribution >= 0.6 is 23.2 Å². The van der Waals surface area contributed by atoms with Crippen molar-refractivity contribution in [2.24, 2.45) is 11.7 Å². The molecule has 0 amide bonds. The third-order valence-corrected chi connectivity index (χ3v) is 8.54. The SMILES string of the molecule is NCC[C@@H]1CNCCCCC[C@H](n2cnc(-c3cc(Cl)ccc3-n3cc(Cl)nn3)cc2=O)C2CCCC(C2)N1. The van der Waals surface area contributed by atoms with Gasteiger partial charge in [0.05, 0.1) is 23.9 Å². The monoisotopic (exact) mass is 572 g/mol. The van der Waals surface area contributed by atoms with Gasteiger partial charge < -0.3 is 16.4 Å². The van der Waals surface area contributed by atoms with Crippen LogP contribution in [-0.2, 0) is 0 Å². The molecule has 1 aromatic carbocycles. The minimum Gasteiger partial charge on any atom is -0.330 e. The Balaban J connectivity index is 1.44. The summed E-state index contributed by atoms with van der Waals surface area (Å²) in [6, 6.07) is 7.96. The molecule has 4 N–H and O–H groups in total. The van der Waals surface area contributed by atoms with Crippen molar-refractivity contribution in [3.8, 4) is 16.9 Å². The highest BCUT2D eigenvalue weighted by atomic mass is 35.5. The molecule has 5 rings (SSSR count). The molecule has 2 unspecified atom stereocenters. The first-order valence-corrected chi connectivity index (χ1v) is 14.9. The summed E-state index contributed by atoms with van der Waals surface area (Å²) in [7, 11) is 0. The summed E-state index contributed by atoms with van der Waals surface area (Å²) in [5.74, 6) is 0.424. The van der Waals surface area contributed by atoms with Gasteiger partial charge in [-0.05, 0) is 75.7 Å². The van der Waals surface area contributed by atoms with Crippen molar-refractivity contribution in [1.29, 1.82) is 0 Å². The lowest BCUT2D eigenvalue weighted by Gasteiger charge is -2.37. The number of nitrogens with zero attached hydrogens (tertiary/aromatic N) is 5. The molecule has 0 spiro atoms. The highest BCUT2D eigenvalue weighted by Gasteiger charge is 2.31. The highest BCUT2D eigenvalue weighted by molar-refractivity contribution is 6.31. The molecule has 9 nitrogen and oxygen atoms in total. The van der Waals surface area contributed by atoms with E-state index in [-0.39, 0.29) is 16.8 Å². The average Bonchev–Trinajstić information content (AvgIpc) is 3.36. The quantitative estimate of drug-likeness (QED) is 0.415. The van der Waals surface area contributed by atoms with Gasteiger partial charge in [-0.25, -0.2) is 9.67 Å². The second-order valence-corrected chi connectivity index (χ2v) is 11.7. The lowest BCUT2D eigenvalue weighted by molar-refractivity contribution is 0.189. The van der Waals surface area contributed by atoms with Gasteiger partial charge in [-0.3, -0.25) is 9.36 Å². The summed E-state index contributed by atoms with van der Waals surface area (Å²) in [5, 5.41) is 16.3. The molecule has 2 fully saturated rings. The van der Waals surface area contributed by atoms with E-state index in [4.69, 9.17) is 33.9 Å². The second kappa shape index (κ2) is 13.4. The predicted octanol–water partition coefficient (Wildman–Crippen LogP) is 4.37. The number of hydrogen-bond acceptors (Lipinski definition) is 7. The zero-order valence-corrected chi connectivity index (χ0v) is 23.7. The van der Waals surface area contributed by atoms with Gasteiger partial charge in [0.2, 0.25) is 0 Å². The topological polar surface area (TPSA) is 116 Å². The van der Waals surface area contributed by atoms with E-state index in [0.717, 1.165) is 64.5 Å². The number of benzene rings is 1. The molecule has 1 aliphatic heterocycles. The minimum absolute atomic E-state index is 0.0466. The molecule has 4 atom stereocenters. The smallest absolute Gasteiger partial charge is 0.254 e. The third-order valence-electron chi connectivity index (χ3n) is 8.13. The maximum atomic E-state index is 13.7. The van der Waals surface area contributed by atoms with E-state index in [1.807, 2.05) is 10.6 Å². The van der Waals surface area contributed by atoms with E-state index in [9.17, 15) is 4.79 Å². The van der Waals surface area contributed by atoms with Gasteiger partial charge in [0.15, 0.2) is 5.15 Å². The molecule has 3 aromatic rings. The maximum absolute atomic E-state index is 13.7. The van der Waals surface area contributed by atoms with Gasteiger partial charge in [-0.15, -0.1) is 5.10 Å². The highest BCUT2D eigenvalue weighted by Crippen LogP contribution is 2.36. The van der Waals surface area contributed by atoms with E-state index < -0.39 is 0 Å². The summed E-state index contributed by atoms with van der Waals surface area (Å²) in [6.45, 7) is 2.65. The molecular formula is C28H38Cl2N8O. The van der Waals surface area contributed by atoms with Crippen molar-refractivity contribution in [2.75, 3.05) is 19.6 Å². The van der Waals surface area contributed by atoms with Crippen molar-refractivity contribution in [3.05, 3.63) is 57.3 Å². The second-order valence-electron chi connectivity index (χ2n) is 10.9. The van der Waals surface area contributed by atoms with Gasteiger partial charge in [0, 0.05) is 41.3 Å². The number of hydrogen-bond donors (Lipinski definition) is 3. The van der Waals surface area contributed by atoms with Gasteiger partial charge in [0.1, 0.15) is 0 Å². The van der Waals surface area contributed by atoms with Crippen LogP contribution in [0, 0.1) is 5.92 Å². The van der Waals surface area contributed by atoms with Crippen molar-refractivity contribution >= 4 is 23.2 Å². The Morgan fingerprint density at radius 3 is 2.77 bits per heavy atom. The van der Waals surface area contributed by atoms with Crippen molar-refractivity contribution < 1.29 is 0 Å². The van der Waals surface area contributed by atoms with Crippen LogP contribution in [0.15, 0.2) is 41.6 Å². The first-order chi connectivity index (χ1) is 19.0. The fraction of sp³-hybridized carbons (Fsp3) is 0.571. The van der Waals surface area contributed by atoms with Crippen LogP contribution in [0.2, 0.25) is 10.2 Å². The maximum Gasteiger partial charge on any atom is 0.254 e. The average molecular weight is 574 g/mol. The Kier molecular flexibility index (Phi) is 9.68. The van der Waals surface area contributed by atoms with Gasteiger partial charge >= 0.3 is 0 Å². The fourth-order valence-electron chi connectivity index (χ4n) is 6.25.